The molecular formula is C15H24O. The third kappa shape index (κ3) is 0.895. The van der Waals surface area contributed by atoms with Gasteiger partial charge >= 0.3 is 0 Å². The van der Waals surface area contributed by atoms with Crippen molar-refractivity contribution < 1.29 is 5.11 Å². The molecule has 1 nitrogen and oxygen atoms in total. The van der Waals surface area contributed by atoms with Gasteiger partial charge in [-0.25, -0.2) is 0 Å². The van der Waals surface area contributed by atoms with Crippen molar-refractivity contribution in [2.24, 2.45) is 22.2 Å². The van der Waals surface area contributed by atoms with E-state index in [0.717, 1.165) is 12.0 Å². The molecule has 0 aromatic carbocycles. The smallest absolute Gasteiger partial charge is 0.0755 e. The lowest BCUT2D eigenvalue weighted by Crippen LogP contribution is -2.39. The zero-order valence-electron chi connectivity index (χ0n) is 10.8. The molecule has 0 saturated heterocycles. The maximum Gasteiger partial charge on any atom is 0.0755 e. The molecule has 0 heterocycles. The summed E-state index contributed by atoms with van der Waals surface area (Å²) in [5, 5.41) is 10.2. The first kappa shape index (κ1) is 10.8. The molecule has 0 spiro atoms. The molecule has 0 amide bonds. The Morgan fingerprint density at radius 1 is 1.19 bits per heavy atom. The van der Waals surface area contributed by atoms with Gasteiger partial charge in [-0.1, -0.05) is 33.8 Å². The minimum atomic E-state index is -0.247. The molecule has 2 bridgehead atoms. The fourth-order valence-electron chi connectivity index (χ4n) is 5.46. The molecule has 3 aliphatic rings. The Morgan fingerprint density at radius 3 is 2.56 bits per heavy atom. The highest BCUT2D eigenvalue weighted by molar-refractivity contribution is 5.29. The lowest BCUT2D eigenvalue weighted by Gasteiger charge is -2.45. The second kappa shape index (κ2) is 2.75. The molecule has 5 atom stereocenters. The van der Waals surface area contributed by atoms with E-state index in [9.17, 15) is 5.11 Å². The van der Waals surface area contributed by atoms with Gasteiger partial charge in [0.15, 0.2) is 0 Å². The first-order valence-electron chi connectivity index (χ1n) is 6.71. The average molecular weight is 220 g/mol. The molecule has 0 unspecified atom stereocenters. The minimum Gasteiger partial charge on any atom is -0.389 e. The van der Waals surface area contributed by atoms with Crippen molar-refractivity contribution in [2.75, 3.05) is 0 Å². The number of rotatable bonds is 0. The van der Waals surface area contributed by atoms with Crippen LogP contribution in [0, 0.1) is 22.2 Å². The highest BCUT2D eigenvalue weighted by atomic mass is 16.3. The second-order valence-electron chi connectivity index (χ2n) is 7.22. The summed E-state index contributed by atoms with van der Waals surface area (Å²) in [6, 6.07) is 0. The molecule has 1 heteroatoms. The van der Waals surface area contributed by atoms with Gasteiger partial charge < -0.3 is 5.11 Å². The van der Waals surface area contributed by atoms with Crippen molar-refractivity contribution in [1.29, 1.82) is 0 Å². The first-order chi connectivity index (χ1) is 7.34. The molecule has 3 saturated carbocycles. The number of hydrogen-bond donors (Lipinski definition) is 1. The summed E-state index contributed by atoms with van der Waals surface area (Å²) in [5.74, 6) is 0.564. The number of fused-ring (bicyclic) bond motifs is 5. The second-order valence-corrected chi connectivity index (χ2v) is 7.22. The molecule has 3 fully saturated rings. The lowest BCUT2D eigenvalue weighted by molar-refractivity contribution is 0.0119. The van der Waals surface area contributed by atoms with Crippen LogP contribution in [0.1, 0.15) is 52.9 Å². The molecule has 0 radical (unpaired) electrons. The average Bonchev–Trinajstić information content (AvgIpc) is 2.57. The molecule has 3 aliphatic carbocycles. The van der Waals surface area contributed by atoms with Crippen LogP contribution in [-0.4, -0.2) is 11.2 Å². The summed E-state index contributed by atoms with van der Waals surface area (Å²) < 4.78 is 0. The van der Waals surface area contributed by atoms with Crippen LogP contribution in [0.25, 0.3) is 0 Å². The summed E-state index contributed by atoms with van der Waals surface area (Å²) in [6.45, 7) is 11.5. The standard InChI is InChI=1S/C15H24O/c1-10-11-8-13(2,9-12(10)16)15(4)7-5-6-14(11,15)3/h11-12,16H,1,5-9H2,2-4H3/t11-,12+,13+,14+,15-/m1/s1. The minimum absolute atomic E-state index is 0.247. The Bertz CT molecular complexity index is 360. The van der Waals surface area contributed by atoms with E-state index in [1.807, 2.05) is 0 Å². The van der Waals surface area contributed by atoms with Gasteiger partial charge in [-0.05, 0) is 53.4 Å². The van der Waals surface area contributed by atoms with E-state index in [4.69, 9.17) is 0 Å². The van der Waals surface area contributed by atoms with Crippen LogP contribution in [0.2, 0.25) is 0 Å². The van der Waals surface area contributed by atoms with Crippen LogP contribution < -0.4 is 0 Å². The SMILES string of the molecule is C=C1[C@H]2C[C@@](C)(C[C@@H]1O)[C@@]1(C)CCC[C@@]21C. The molecular weight excluding hydrogens is 196 g/mol. The van der Waals surface area contributed by atoms with Gasteiger partial charge in [0, 0.05) is 0 Å². The monoisotopic (exact) mass is 220 g/mol. The Balaban J connectivity index is 2.16. The van der Waals surface area contributed by atoms with Crippen molar-refractivity contribution in [2.45, 2.75) is 59.0 Å². The number of aliphatic hydroxyl groups excluding tert-OH is 1. The molecule has 0 aromatic heterocycles. The number of aliphatic hydroxyl groups is 1. The maximum atomic E-state index is 10.2. The molecule has 3 rings (SSSR count). The predicted molar refractivity (Wildman–Crippen MR) is 66.0 cm³/mol. The van der Waals surface area contributed by atoms with Crippen molar-refractivity contribution in [1.82, 2.24) is 0 Å². The van der Waals surface area contributed by atoms with Crippen molar-refractivity contribution in [3.05, 3.63) is 12.2 Å². The summed E-state index contributed by atoms with van der Waals surface area (Å²) in [6.07, 6.45) is 5.99. The van der Waals surface area contributed by atoms with Crippen LogP contribution in [0.15, 0.2) is 12.2 Å². The summed E-state index contributed by atoms with van der Waals surface area (Å²) >= 11 is 0. The van der Waals surface area contributed by atoms with Gasteiger partial charge in [0.25, 0.3) is 0 Å². The van der Waals surface area contributed by atoms with Gasteiger partial charge in [0.05, 0.1) is 6.10 Å². The predicted octanol–water partition coefficient (Wildman–Crippen LogP) is 3.53. The maximum absolute atomic E-state index is 10.2. The van der Waals surface area contributed by atoms with E-state index < -0.39 is 0 Å². The zero-order chi connectivity index (χ0) is 11.8. The Kier molecular flexibility index (Phi) is 1.86. The van der Waals surface area contributed by atoms with Crippen LogP contribution >= 0.6 is 0 Å². The highest BCUT2D eigenvalue weighted by Gasteiger charge is 2.69. The molecule has 0 aromatic rings. The first-order valence-corrected chi connectivity index (χ1v) is 6.71. The van der Waals surface area contributed by atoms with Crippen molar-refractivity contribution in [3.63, 3.8) is 0 Å². The molecule has 16 heavy (non-hydrogen) atoms. The third-order valence-corrected chi connectivity index (χ3v) is 6.91. The van der Waals surface area contributed by atoms with Crippen LogP contribution in [0.5, 0.6) is 0 Å². The van der Waals surface area contributed by atoms with Crippen LogP contribution in [0.3, 0.4) is 0 Å². The van der Waals surface area contributed by atoms with Gasteiger partial charge in [0.1, 0.15) is 0 Å². The topological polar surface area (TPSA) is 20.2 Å². The molecule has 0 aliphatic heterocycles. The Morgan fingerprint density at radius 2 is 1.88 bits per heavy atom. The lowest BCUT2D eigenvalue weighted by atomic mass is 9.59. The summed E-state index contributed by atoms with van der Waals surface area (Å²) in [7, 11) is 0. The van der Waals surface area contributed by atoms with Gasteiger partial charge in [-0.15, -0.1) is 0 Å². The van der Waals surface area contributed by atoms with E-state index in [2.05, 4.69) is 27.4 Å². The normalized spacial score (nSPS) is 60.1. The van der Waals surface area contributed by atoms with E-state index in [0.29, 0.717) is 22.2 Å². The van der Waals surface area contributed by atoms with E-state index in [-0.39, 0.29) is 6.10 Å². The largest absolute Gasteiger partial charge is 0.389 e. The fraction of sp³-hybridized carbons (Fsp3) is 0.867. The van der Waals surface area contributed by atoms with E-state index in [1.54, 1.807) is 0 Å². The Hall–Kier alpha value is -0.300. The quantitative estimate of drug-likeness (QED) is 0.619. The van der Waals surface area contributed by atoms with E-state index in [1.165, 1.54) is 25.7 Å². The van der Waals surface area contributed by atoms with Gasteiger partial charge in [-0.3, -0.25) is 0 Å². The number of hydrogen-bond acceptors (Lipinski definition) is 1. The summed E-state index contributed by atoms with van der Waals surface area (Å²) in [4.78, 5) is 0. The van der Waals surface area contributed by atoms with Crippen LogP contribution in [0.4, 0.5) is 0 Å². The fourth-order valence-corrected chi connectivity index (χ4v) is 5.46. The van der Waals surface area contributed by atoms with Crippen molar-refractivity contribution in [3.8, 4) is 0 Å². The van der Waals surface area contributed by atoms with Crippen molar-refractivity contribution >= 4 is 0 Å². The molecule has 1 N–H and O–H groups in total. The third-order valence-electron chi connectivity index (χ3n) is 6.91. The van der Waals surface area contributed by atoms with Gasteiger partial charge in [-0.2, -0.15) is 0 Å². The van der Waals surface area contributed by atoms with Gasteiger partial charge in [0.2, 0.25) is 0 Å². The highest BCUT2D eigenvalue weighted by Crippen LogP contribution is 2.76. The van der Waals surface area contributed by atoms with E-state index >= 15 is 0 Å². The van der Waals surface area contributed by atoms with Crippen LogP contribution in [-0.2, 0) is 0 Å². The summed E-state index contributed by atoms with van der Waals surface area (Å²) in [5.41, 5.74) is 2.29. The molecule has 90 valence electrons. The Labute approximate surface area is 98.9 Å². The zero-order valence-corrected chi connectivity index (χ0v) is 10.8.